The molecule has 2 rings (SSSR count). The van der Waals surface area contributed by atoms with Crippen LogP contribution in [0.4, 0.5) is 14.5 Å². The highest BCUT2D eigenvalue weighted by Crippen LogP contribution is 2.27. The Morgan fingerprint density at radius 3 is 2.35 bits per heavy atom. The minimum absolute atomic E-state index is 0.0931. The molecule has 3 N–H and O–H groups in total. The van der Waals surface area contributed by atoms with Crippen LogP contribution in [0.1, 0.15) is 5.56 Å². The number of para-hydroxylation sites is 1. The van der Waals surface area contributed by atoms with Gasteiger partial charge in [0.15, 0.2) is 11.6 Å². The van der Waals surface area contributed by atoms with Crippen LogP contribution in [0.5, 0.6) is 11.6 Å². The number of alkyl halides is 1. The summed E-state index contributed by atoms with van der Waals surface area (Å²) in [5.41, 5.74) is 3.80. The number of benzene rings is 1. The van der Waals surface area contributed by atoms with Gasteiger partial charge in [0.25, 0.3) is 0 Å². The quantitative estimate of drug-likeness (QED) is 0.516. The lowest BCUT2D eigenvalue weighted by molar-refractivity contribution is 0.395. The van der Waals surface area contributed by atoms with Gasteiger partial charge in [-0.25, -0.2) is 13.8 Å². The monoisotopic (exact) mass is 301 g/mol. The van der Waals surface area contributed by atoms with Crippen molar-refractivity contribution in [3.05, 3.63) is 47.7 Å². The summed E-state index contributed by atoms with van der Waals surface area (Å²) in [6.45, 7) is 1.77. The molecule has 1 aromatic heterocycles. The van der Waals surface area contributed by atoms with Crippen LogP contribution in [0.2, 0.25) is 0 Å². The second-order valence-electron chi connectivity index (χ2n) is 3.63. The Morgan fingerprint density at radius 1 is 1.25 bits per heavy atom. The average Bonchev–Trinajstić information content (AvgIpc) is 2.45. The molecule has 0 aliphatic heterocycles. The van der Waals surface area contributed by atoms with Crippen molar-refractivity contribution in [3.63, 3.8) is 0 Å². The maximum atomic E-state index is 13.4. The van der Waals surface area contributed by atoms with Gasteiger partial charge in [-0.05, 0) is 24.6 Å². The Hall–Kier alpha value is -1.92. The van der Waals surface area contributed by atoms with Crippen molar-refractivity contribution in [2.75, 3.05) is 11.8 Å². The number of ether oxygens (including phenoxy) is 1. The largest absolute Gasteiger partial charge is 0.433 e. The van der Waals surface area contributed by atoms with Crippen molar-refractivity contribution in [1.82, 2.24) is 4.98 Å². The number of aryl methyl sites for hydroxylation is 1. The standard InChI is InChI=1S/C12H11F2N3O.CH3Cl/c1-7-5-11(16-6-10(7)17-15)18-12-8(13)3-2-4-9(12)14;1-2/h2-6,17H,15H2,1H3;1H3. The van der Waals surface area contributed by atoms with Gasteiger partial charge in [0.2, 0.25) is 11.6 Å². The first-order chi connectivity index (χ1) is 9.61. The second kappa shape index (κ2) is 7.62. The molecule has 0 unspecified atom stereocenters. The Kier molecular flexibility index (Phi) is 6.14. The van der Waals surface area contributed by atoms with Crippen LogP contribution >= 0.6 is 11.6 Å². The third-order valence-electron chi connectivity index (χ3n) is 2.37. The maximum absolute atomic E-state index is 13.4. The number of nitrogens with one attached hydrogen (secondary N) is 1. The lowest BCUT2D eigenvalue weighted by Gasteiger charge is -2.09. The van der Waals surface area contributed by atoms with E-state index in [4.69, 9.17) is 10.6 Å². The second-order valence-corrected chi connectivity index (χ2v) is 3.63. The number of halogens is 3. The molecule has 0 atom stereocenters. The predicted molar refractivity (Wildman–Crippen MR) is 75.0 cm³/mol. The van der Waals surface area contributed by atoms with Crippen molar-refractivity contribution >= 4 is 17.3 Å². The van der Waals surface area contributed by atoms with Crippen LogP contribution in [0.25, 0.3) is 0 Å². The smallest absolute Gasteiger partial charge is 0.219 e. The van der Waals surface area contributed by atoms with Gasteiger partial charge in [0, 0.05) is 12.4 Å². The van der Waals surface area contributed by atoms with E-state index in [-0.39, 0.29) is 5.88 Å². The lowest BCUT2D eigenvalue weighted by Crippen LogP contribution is -2.08. The van der Waals surface area contributed by atoms with E-state index in [2.05, 4.69) is 22.0 Å². The predicted octanol–water partition coefficient (Wildman–Crippen LogP) is 3.60. The van der Waals surface area contributed by atoms with Crippen molar-refractivity contribution in [2.45, 2.75) is 6.92 Å². The van der Waals surface area contributed by atoms with Crippen LogP contribution in [0.3, 0.4) is 0 Å². The molecule has 0 aliphatic rings. The summed E-state index contributed by atoms with van der Waals surface area (Å²) in [7, 11) is 0. The zero-order valence-corrected chi connectivity index (χ0v) is 11.7. The summed E-state index contributed by atoms with van der Waals surface area (Å²) >= 11 is 4.64. The van der Waals surface area contributed by atoms with Gasteiger partial charge >= 0.3 is 0 Å². The molecule has 2 aromatic rings. The number of hydrogen-bond acceptors (Lipinski definition) is 4. The number of nitrogens with two attached hydrogens (primary N) is 1. The molecule has 0 radical (unpaired) electrons. The zero-order valence-electron chi connectivity index (χ0n) is 11.0. The topological polar surface area (TPSA) is 60.2 Å². The van der Waals surface area contributed by atoms with Gasteiger partial charge in [-0.2, -0.15) is 0 Å². The molecular weight excluding hydrogens is 288 g/mol. The van der Waals surface area contributed by atoms with E-state index in [1.54, 1.807) is 6.92 Å². The first kappa shape index (κ1) is 16.1. The highest BCUT2D eigenvalue weighted by Gasteiger charge is 2.12. The Labute approximate surface area is 120 Å². The maximum Gasteiger partial charge on any atom is 0.219 e. The summed E-state index contributed by atoms with van der Waals surface area (Å²) in [5.74, 6) is 3.31. The van der Waals surface area contributed by atoms with Gasteiger partial charge in [-0.15, -0.1) is 11.6 Å². The van der Waals surface area contributed by atoms with Crippen molar-refractivity contribution in [1.29, 1.82) is 0 Å². The molecule has 7 heteroatoms. The fraction of sp³-hybridized carbons (Fsp3) is 0.154. The molecule has 0 spiro atoms. The van der Waals surface area contributed by atoms with Crippen LogP contribution in [0.15, 0.2) is 30.5 Å². The molecule has 0 amide bonds. The van der Waals surface area contributed by atoms with Crippen molar-refractivity contribution in [2.24, 2.45) is 5.84 Å². The lowest BCUT2D eigenvalue weighted by atomic mass is 10.2. The number of nitrogens with zero attached hydrogens (tertiary/aromatic N) is 1. The van der Waals surface area contributed by atoms with E-state index in [0.717, 1.165) is 17.7 Å². The van der Waals surface area contributed by atoms with E-state index in [9.17, 15) is 8.78 Å². The van der Waals surface area contributed by atoms with E-state index in [1.807, 2.05) is 0 Å². The SMILES string of the molecule is CCl.Cc1cc(Oc2c(F)cccc2F)ncc1NN. The minimum atomic E-state index is -0.782. The summed E-state index contributed by atoms with van der Waals surface area (Å²) in [6, 6.07) is 5.01. The fourth-order valence-corrected chi connectivity index (χ4v) is 1.42. The van der Waals surface area contributed by atoms with E-state index >= 15 is 0 Å². The van der Waals surface area contributed by atoms with E-state index in [0.29, 0.717) is 5.69 Å². The Morgan fingerprint density at radius 2 is 1.85 bits per heavy atom. The molecule has 0 saturated heterocycles. The highest BCUT2D eigenvalue weighted by atomic mass is 35.5. The van der Waals surface area contributed by atoms with Crippen LogP contribution in [0, 0.1) is 18.6 Å². The van der Waals surface area contributed by atoms with E-state index < -0.39 is 17.4 Å². The van der Waals surface area contributed by atoms with Gasteiger partial charge in [-0.1, -0.05) is 6.07 Å². The van der Waals surface area contributed by atoms with Gasteiger partial charge in [-0.3, -0.25) is 5.84 Å². The molecule has 1 heterocycles. The van der Waals surface area contributed by atoms with Crippen LogP contribution in [-0.4, -0.2) is 11.4 Å². The average molecular weight is 302 g/mol. The molecule has 4 nitrogen and oxygen atoms in total. The number of pyridine rings is 1. The summed E-state index contributed by atoms with van der Waals surface area (Å²) in [5, 5.41) is 0. The Bertz CT molecular complexity index is 561. The molecular formula is C13H14ClF2N3O. The van der Waals surface area contributed by atoms with Gasteiger partial charge in [0.05, 0.1) is 11.9 Å². The summed E-state index contributed by atoms with van der Waals surface area (Å²) in [6.07, 6.45) is 2.89. The summed E-state index contributed by atoms with van der Waals surface area (Å²) < 4.78 is 31.8. The van der Waals surface area contributed by atoms with Crippen molar-refractivity contribution in [3.8, 4) is 11.6 Å². The van der Waals surface area contributed by atoms with Gasteiger partial charge < -0.3 is 10.2 Å². The third kappa shape index (κ3) is 3.79. The molecule has 0 aliphatic carbocycles. The number of hydrazine groups is 1. The number of rotatable bonds is 3. The van der Waals surface area contributed by atoms with Crippen LogP contribution in [-0.2, 0) is 0 Å². The third-order valence-corrected chi connectivity index (χ3v) is 2.37. The van der Waals surface area contributed by atoms with Gasteiger partial charge in [0.1, 0.15) is 0 Å². The first-order valence-corrected chi connectivity index (χ1v) is 6.30. The molecule has 0 saturated carbocycles. The Balaban J connectivity index is 0.000000956. The van der Waals surface area contributed by atoms with Crippen molar-refractivity contribution < 1.29 is 13.5 Å². The van der Waals surface area contributed by atoms with Crippen LogP contribution < -0.4 is 16.0 Å². The first-order valence-electron chi connectivity index (χ1n) is 5.54. The molecule has 108 valence electrons. The molecule has 20 heavy (non-hydrogen) atoms. The normalized spacial score (nSPS) is 9.50. The number of nitrogen functional groups attached to an aromatic ring is 1. The number of hydrogen-bond donors (Lipinski definition) is 2. The minimum Gasteiger partial charge on any atom is -0.433 e. The number of anilines is 1. The fourth-order valence-electron chi connectivity index (χ4n) is 1.42. The molecule has 0 fully saturated rings. The zero-order chi connectivity index (χ0) is 15.1. The molecule has 0 bridgehead atoms. The molecule has 1 aromatic carbocycles. The number of aromatic nitrogens is 1. The summed E-state index contributed by atoms with van der Waals surface area (Å²) in [4.78, 5) is 3.89. The highest BCUT2D eigenvalue weighted by molar-refractivity contribution is 6.15. The van der Waals surface area contributed by atoms with E-state index in [1.165, 1.54) is 24.7 Å².